The van der Waals surface area contributed by atoms with Crippen LogP contribution in [-0.2, 0) is 11.8 Å². The summed E-state index contributed by atoms with van der Waals surface area (Å²) in [7, 11) is 1.95. The third-order valence-corrected chi connectivity index (χ3v) is 5.96. The van der Waals surface area contributed by atoms with E-state index in [0.717, 1.165) is 34.9 Å². The van der Waals surface area contributed by atoms with E-state index < -0.39 is 0 Å². The third-order valence-electron chi connectivity index (χ3n) is 4.82. The van der Waals surface area contributed by atoms with Crippen molar-refractivity contribution in [3.05, 3.63) is 29.8 Å². The second-order valence-electron chi connectivity index (χ2n) is 6.78. The first-order valence-corrected chi connectivity index (χ1v) is 9.86. The van der Waals surface area contributed by atoms with Crippen LogP contribution in [0.5, 0.6) is 0 Å². The van der Waals surface area contributed by atoms with Gasteiger partial charge < -0.3 is 9.88 Å². The number of carbonyl (C=O) groups is 1. The molecule has 6 heteroatoms. The van der Waals surface area contributed by atoms with E-state index in [1.807, 2.05) is 36.7 Å². The summed E-state index contributed by atoms with van der Waals surface area (Å²) < 4.78 is 1.97. The van der Waals surface area contributed by atoms with Crippen LogP contribution in [0.2, 0.25) is 0 Å². The molecule has 5 nitrogen and oxygen atoms in total. The van der Waals surface area contributed by atoms with Gasteiger partial charge >= 0.3 is 0 Å². The molecule has 1 saturated carbocycles. The number of carbonyl (C=O) groups excluding carboxylic acids is 1. The molecular weight excluding hydrogens is 332 g/mol. The van der Waals surface area contributed by atoms with Gasteiger partial charge in [-0.2, -0.15) is 0 Å². The topological polar surface area (TPSA) is 59.8 Å². The highest BCUT2D eigenvalue weighted by atomic mass is 32.2. The maximum atomic E-state index is 12.5. The molecular formula is C19H26N4OS. The number of hydrogen-bond acceptors (Lipinski definition) is 4. The van der Waals surface area contributed by atoms with Crippen molar-refractivity contribution in [3.63, 3.8) is 0 Å². The molecule has 1 aromatic carbocycles. The number of rotatable bonds is 5. The van der Waals surface area contributed by atoms with Gasteiger partial charge in [-0.1, -0.05) is 55.3 Å². The zero-order chi connectivity index (χ0) is 17.8. The Kier molecular flexibility index (Phi) is 5.78. The third kappa shape index (κ3) is 4.24. The first-order chi connectivity index (χ1) is 12.1. The molecule has 0 spiro atoms. The largest absolute Gasteiger partial charge is 0.352 e. The van der Waals surface area contributed by atoms with Crippen molar-refractivity contribution >= 4 is 17.7 Å². The van der Waals surface area contributed by atoms with Crippen LogP contribution < -0.4 is 5.32 Å². The van der Waals surface area contributed by atoms with E-state index >= 15 is 0 Å². The van der Waals surface area contributed by atoms with Crippen LogP contribution in [0.1, 0.15) is 44.6 Å². The molecule has 1 heterocycles. The normalized spacial score (nSPS) is 16.6. The Hall–Kier alpha value is -1.82. The first kappa shape index (κ1) is 18.0. The number of nitrogens with zero attached hydrogens (tertiary/aromatic N) is 3. The SMILES string of the molecule is Cc1ccccc1-c1nnc(SC(C)C(=O)NC2CCCCC2)n1C. The van der Waals surface area contributed by atoms with Crippen molar-refractivity contribution in [2.45, 2.75) is 62.4 Å². The summed E-state index contributed by atoms with van der Waals surface area (Å²) in [4.78, 5) is 12.5. The van der Waals surface area contributed by atoms with Gasteiger partial charge in [0.1, 0.15) is 0 Å². The van der Waals surface area contributed by atoms with E-state index in [4.69, 9.17) is 0 Å². The van der Waals surface area contributed by atoms with Crippen LogP contribution in [-0.4, -0.2) is 32.0 Å². The van der Waals surface area contributed by atoms with Gasteiger partial charge in [0, 0.05) is 18.7 Å². The predicted molar refractivity (Wildman–Crippen MR) is 102 cm³/mol. The summed E-state index contributed by atoms with van der Waals surface area (Å²) in [6.07, 6.45) is 5.93. The lowest BCUT2D eigenvalue weighted by molar-refractivity contribution is -0.121. The minimum absolute atomic E-state index is 0.0948. The predicted octanol–water partition coefficient (Wildman–Crippen LogP) is 3.72. The summed E-state index contributed by atoms with van der Waals surface area (Å²) in [5, 5.41) is 12.4. The molecule has 134 valence electrons. The zero-order valence-electron chi connectivity index (χ0n) is 15.2. The molecule has 1 unspecified atom stereocenters. The minimum atomic E-state index is -0.186. The molecule has 25 heavy (non-hydrogen) atoms. The molecule has 3 rings (SSSR count). The van der Waals surface area contributed by atoms with Gasteiger partial charge in [0.25, 0.3) is 0 Å². The average Bonchev–Trinajstić information content (AvgIpc) is 2.97. The van der Waals surface area contributed by atoms with Crippen molar-refractivity contribution in [2.24, 2.45) is 7.05 Å². The first-order valence-electron chi connectivity index (χ1n) is 8.98. The zero-order valence-corrected chi connectivity index (χ0v) is 16.0. The summed E-state index contributed by atoms with van der Waals surface area (Å²) in [5.74, 6) is 0.929. The Labute approximate surface area is 153 Å². The fraction of sp³-hybridized carbons (Fsp3) is 0.526. The Bertz CT molecular complexity index is 737. The Morgan fingerprint density at radius 2 is 1.96 bits per heavy atom. The van der Waals surface area contributed by atoms with E-state index in [2.05, 4.69) is 28.5 Å². The van der Waals surface area contributed by atoms with Crippen molar-refractivity contribution in [1.82, 2.24) is 20.1 Å². The minimum Gasteiger partial charge on any atom is -0.352 e. The molecule has 1 aromatic heterocycles. The smallest absolute Gasteiger partial charge is 0.233 e. The van der Waals surface area contributed by atoms with E-state index in [0.29, 0.717) is 6.04 Å². The molecule has 1 fully saturated rings. The molecule has 1 N–H and O–H groups in total. The van der Waals surface area contributed by atoms with Gasteiger partial charge in [-0.3, -0.25) is 4.79 Å². The maximum absolute atomic E-state index is 12.5. The number of aromatic nitrogens is 3. The molecule has 1 aliphatic rings. The lowest BCUT2D eigenvalue weighted by Crippen LogP contribution is -2.40. The second kappa shape index (κ2) is 8.04. The second-order valence-corrected chi connectivity index (χ2v) is 8.09. The van der Waals surface area contributed by atoms with Crippen LogP contribution in [0.3, 0.4) is 0 Å². The maximum Gasteiger partial charge on any atom is 0.233 e. The van der Waals surface area contributed by atoms with Crippen molar-refractivity contribution in [2.75, 3.05) is 0 Å². The quantitative estimate of drug-likeness (QED) is 0.828. The van der Waals surface area contributed by atoms with Gasteiger partial charge in [-0.15, -0.1) is 10.2 Å². The van der Waals surface area contributed by atoms with E-state index in [9.17, 15) is 4.79 Å². The van der Waals surface area contributed by atoms with Crippen molar-refractivity contribution < 1.29 is 4.79 Å². The standard InChI is InChI=1S/C19H26N4OS/c1-13-9-7-8-12-16(13)17-21-22-19(23(17)3)25-14(2)18(24)20-15-10-5-4-6-11-15/h7-9,12,14-15H,4-6,10-11H2,1-3H3,(H,20,24). The Balaban J connectivity index is 1.66. The van der Waals surface area contributed by atoms with E-state index in [1.54, 1.807) is 0 Å². The molecule has 2 aromatic rings. The van der Waals surface area contributed by atoms with Crippen molar-refractivity contribution in [1.29, 1.82) is 0 Å². The Morgan fingerprint density at radius 3 is 2.68 bits per heavy atom. The van der Waals surface area contributed by atoms with Gasteiger partial charge in [0.05, 0.1) is 5.25 Å². The van der Waals surface area contributed by atoms with Gasteiger partial charge in [0.15, 0.2) is 11.0 Å². The lowest BCUT2D eigenvalue weighted by atomic mass is 9.95. The van der Waals surface area contributed by atoms with Gasteiger partial charge in [-0.25, -0.2) is 0 Å². The number of thioether (sulfide) groups is 1. The lowest BCUT2D eigenvalue weighted by Gasteiger charge is -2.24. The van der Waals surface area contributed by atoms with Crippen LogP contribution in [0, 0.1) is 6.92 Å². The number of amides is 1. The summed E-state index contributed by atoms with van der Waals surface area (Å²) in [5.41, 5.74) is 2.24. The van der Waals surface area contributed by atoms with Gasteiger partial charge in [0.2, 0.25) is 5.91 Å². The monoisotopic (exact) mass is 358 g/mol. The van der Waals surface area contributed by atoms with Crippen LogP contribution >= 0.6 is 11.8 Å². The molecule has 0 radical (unpaired) electrons. The van der Waals surface area contributed by atoms with E-state index in [1.165, 1.54) is 31.0 Å². The number of nitrogens with one attached hydrogen (secondary N) is 1. The molecule has 1 atom stereocenters. The summed E-state index contributed by atoms with van der Waals surface area (Å²) in [6, 6.07) is 8.47. The molecule has 1 amide bonds. The highest BCUT2D eigenvalue weighted by Crippen LogP contribution is 2.27. The van der Waals surface area contributed by atoms with Gasteiger partial charge in [-0.05, 0) is 32.3 Å². The number of benzene rings is 1. The molecule has 0 aliphatic heterocycles. The molecule has 0 saturated heterocycles. The van der Waals surface area contributed by atoms with Crippen LogP contribution in [0.15, 0.2) is 29.4 Å². The highest BCUT2D eigenvalue weighted by Gasteiger charge is 2.22. The number of aryl methyl sites for hydroxylation is 1. The number of hydrogen-bond donors (Lipinski definition) is 1. The molecule has 0 bridgehead atoms. The summed E-state index contributed by atoms with van der Waals surface area (Å²) in [6.45, 7) is 4.00. The fourth-order valence-corrected chi connectivity index (χ4v) is 4.08. The summed E-state index contributed by atoms with van der Waals surface area (Å²) >= 11 is 1.47. The van der Waals surface area contributed by atoms with Crippen LogP contribution in [0.25, 0.3) is 11.4 Å². The fourth-order valence-electron chi connectivity index (χ4n) is 3.25. The average molecular weight is 359 g/mol. The van der Waals surface area contributed by atoms with E-state index in [-0.39, 0.29) is 11.2 Å². The van der Waals surface area contributed by atoms with Crippen LogP contribution in [0.4, 0.5) is 0 Å². The molecule has 1 aliphatic carbocycles. The Morgan fingerprint density at radius 1 is 1.24 bits per heavy atom. The van der Waals surface area contributed by atoms with Crippen molar-refractivity contribution in [3.8, 4) is 11.4 Å². The highest BCUT2D eigenvalue weighted by molar-refractivity contribution is 8.00.